The first-order chi connectivity index (χ1) is 14.7. The normalized spacial score (nSPS) is 17.6. The number of anilines is 3. The van der Waals surface area contributed by atoms with Crippen molar-refractivity contribution >= 4 is 39.7 Å². The summed E-state index contributed by atoms with van der Waals surface area (Å²) in [7, 11) is 1.36. The van der Waals surface area contributed by atoms with Crippen LogP contribution in [0.3, 0.4) is 0 Å². The molecule has 31 heavy (non-hydrogen) atoms. The minimum atomic E-state index is -0.659. The quantitative estimate of drug-likeness (QED) is 0.264. The number of nitrogens with one attached hydrogen (secondary N) is 1. The molecule has 0 bridgehead atoms. The van der Waals surface area contributed by atoms with E-state index in [9.17, 15) is 14.0 Å². The summed E-state index contributed by atoms with van der Waals surface area (Å²) in [5.41, 5.74) is 0.164. The molecule has 0 amide bonds. The van der Waals surface area contributed by atoms with Crippen LogP contribution >= 0.6 is 22.6 Å². The number of hydrogen-bond donors (Lipinski definition) is 1. The highest BCUT2D eigenvalue weighted by Crippen LogP contribution is 2.39. The van der Waals surface area contributed by atoms with Gasteiger partial charge >= 0.3 is 0 Å². The molecule has 0 saturated carbocycles. The number of rotatable bonds is 9. The molecule has 0 aromatic heterocycles. The van der Waals surface area contributed by atoms with Crippen molar-refractivity contribution in [1.82, 2.24) is 0 Å². The van der Waals surface area contributed by atoms with E-state index in [0.717, 1.165) is 12.1 Å². The van der Waals surface area contributed by atoms with E-state index in [1.165, 1.54) is 19.2 Å². The van der Waals surface area contributed by atoms with Crippen LogP contribution in [-0.4, -0.2) is 38.9 Å². The standard InChI is InChI=1S/C21H24F2IN2O5/c1-21(2)30-11-15(31-21)6-7-29-19-9-13(22)8-18(20(19)26(27)12-28-3)25-17-5-4-14(24)10-16(17)23/h4-5,8-10,15,25H,6-7,11-12H2,1-3H3/q-1. The Hall–Kier alpha value is -1.73. The first-order valence-corrected chi connectivity index (χ1v) is 10.7. The Bertz CT molecular complexity index is 916. The van der Waals surface area contributed by atoms with Gasteiger partial charge in [-0.1, -0.05) is 0 Å². The maximum Gasteiger partial charge on any atom is 0.163 e. The molecule has 1 unspecified atom stereocenters. The molecule has 1 atom stereocenters. The molecule has 1 aliphatic heterocycles. The summed E-state index contributed by atoms with van der Waals surface area (Å²) in [6, 6.07) is 6.75. The third-order valence-corrected chi connectivity index (χ3v) is 5.17. The smallest absolute Gasteiger partial charge is 0.163 e. The van der Waals surface area contributed by atoms with Crippen molar-refractivity contribution in [2.75, 3.05) is 37.4 Å². The van der Waals surface area contributed by atoms with Gasteiger partial charge in [-0.2, -0.15) is 0 Å². The van der Waals surface area contributed by atoms with Gasteiger partial charge in [0, 0.05) is 23.2 Å². The lowest BCUT2D eigenvalue weighted by Crippen LogP contribution is -2.23. The zero-order valence-electron chi connectivity index (χ0n) is 17.4. The second-order valence-corrected chi connectivity index (χ2v) is 8.68. The number of halogens is 3. The maximum atomic E-state index is 14.3. The highest BCUT2D eigenvalue weighted by atomic mass is 127. The SMILES string of the molecule is COCN([O-])c1c(Nc2ccc(I)cc2F)cc(F)cc1OCCC1COC(C)(C)O1. The molecule has 0 aliphatic carbocycles. The number of hydroxylamine groups is 1. The van der Waals surface area contributed by atoms with Gasteiger partial charge in [0.1, 0.15) is 24.1 Å². The third kappa shape index (κ3) is 6.39. The molecule has 1 aliphatic rings. The summed E-state index contributed by atoms with van der Waals surface area (Å²) in [5, 5.41) is 15.9. The van der Waals surface area contributed by atoms with E-state index in [0.29, 0.717) is 21.7 Å². The maximum absolute atomic E-state index is 14.3. The Morgan fingerprint density at radius 3 is 2.68 bits per heavy atom. The Morgan fingerprint density at radius 2 is 2.03 bits per heavy atom. The summed E-state index contributed by atoms with van der Waals surface area (Å²) in [6.07, 6.45) is 0.310. The predicted octanol–water partition coefficient (Wildman–Crippen LogP) is 5.14. The van der Waals surface area contributed by atoms with E-state index >= 15 is 0 Å². The largest absolute Gasteiger partial charge is 0.757 e. The highest BCUT2D eigenvalue weighted by Gasteiger charge is 2.32. The van der Waals surface area contributed by atoms with Gasteiger partial charge in [-0.15, -0.1) is 0 Å². The van der Waals surface area contributed by atoms with Crippen molar-refractivity contribution in [1.29, 1.82) is 0 Å². The molecule has 3 rings (SSSR count). The van der Waals surface area contributed by atoms with Gasteiger partial charge in [0.15, 0.2) is 5.79 Å². The van der Waals surface area contributed by atoms with Gasteiger partial charge in [0.2, 0.25) is 0 Å². The van der Waals surface area contributed by atoms with Crippen LogP contribution in [0.2, 0.25) is 0 Å². The van der Waals surface area contributed by atoms with Gasteiger partial charge < -0.3 is 34.5 Å². The van der Waals surface area contributed by atoms with Crippen molar-refractivity contribution in [2.24, 2.45) is 0 Å². The highest BCUT2D eigenvalue weighted by molar-refractivity contribution is 14.1. The molecular formula is C21H24F2IN2O5-. The van der Waals surface area contributed by atoms with Crippen molar-refractivity contribution in [3.05, 3.63) is 50.7 Å². The molecule has 1 N–H and O–H groups in total. The summed E-state index contributed by atoms with van der Waals surface area (Å²) in [6.45, 7) is 3.90. The third-order valence-electron chi connectivity index (χ3n) is 4.50. The molecule has 0 spiro atoms. The monoisotopic (exact) mass is 549 g/mol. The minimum Gasteiger partial charge on any atom is -0.757 e. The molecule has 0 radical (unpaired) electrons. The Balaban J connectivity index is 1.83. The van der Waals surface area contributed by atoms with E-state index in [1.54, 1.807) is 6.07 Å². The first kappa shape index (κ1) is 23.9. The van der Waals surface area contributed by atoms with Crippen molar-refractivity contribution in [2.45, 2.75) is 32.2 Å². The van der Waals surface area contributed by atoms with Crippen LogP contribution in [0.15, 0.2) is 30.3 Å². The number of nitrogens with zero attached hydrogens (tertiary/aromatic N) is 1. The number of hydrogen-bond acceptors (Lipinski definition) is 7. The lowest BCUT2D eigenvalue weighted by atomic mass is 10.2. The topological polar surface area (TPSA) is 75.3 Å². The van der Waals surface area contributed by atoms with Crippen LogP contribution in [0.25, 0.3) is 0 Å². The van der Waals surface area contributed by atoms with Crippen molar-refractivity contribution < 1.29 is 27.7 Å². The van der Waals surface area contributed by atoms with Crippen molar-refractivity contribution in [3.63, 3.8) is 0 Å². The van der Waals surface area contributed by atoms with Crippen LogP contribution in [0.4, 0.5) is 25.8 Å². The Morgan fingerprint density at radius 1 is 1.26 bits per heavy atom. The zero-order chi connectivity index (χ0) is 22.6. The van der Waals surface area contributed by atoms with Gasteiger partial charge in [-0.05, 0) is 60.7 Å². The fourth-order valence-electron chi connectivity index (χ4n) is 3.16. The van der Waals surface area contributed by atoms with Crippen LogP contribution in [0.5, 0.6) is 5.75 Å². The van der Waals surface area contributed by atoms with Crippen LogP contribution < -0.4 is 15.1 Å². The van der Waals surface area contributed by atoms with Gasteiger partial charge in [-0.25, -0.2) is 8.78 Å². The number of benzene rings is 2. The first-order valence-electron chi connectivity index (χ1n) is 9.62. The predicted molar refractivity (Wildman–Crippen MR) is 122 cm³/mol. The van der Waals surface area contributed by atoms with Gasteiger partial charge in [0.25, 0.3) is 0 Å². The zero-order valence-corrected chi connectivity index (χ0v) is 19.6. The average molecular weight is 549 g/mol. The summed E-state index contributed by atoms with van der Waals surface area (Å²) < 4.78 is 51.3. The fraction of sp³-hybridized carbons (Fsp3) is 0.429. The lowest BCUT2D eigenvalue weighted by molar-refractivity contribution is -0.139. The van der Waals surface area contributed by atoms with E-state index in [-0.39, 0.29) is 42.3 Å². The van der Waals surface area contributed by atoms with E-state index < -0.39 is 17.4 Å². The number of methoxy groups -OCH3 is 1. The molecule has 1 fully saturated rings. The minimum absolute atomic E-state index is 0.00474. The van der Waals surface area contributed by atoms with Crippen LogP contribution in [0, 0.1) is 20.4 Å². The second kappa shape index (κ2) is 10.3. The molecule has 1 saturated heterocycles. The van der Waals surface area contributed by atoms with Crippen LogP contribution in [0.1, 0.15) is 20.3 Å². The van der Waals surface area contributed by atoms with Gasteiger partial charge in [0.05, 0.1) is 36.4 Å². The molecule has 1 heterocycles. The molecule has 7 nitrogen and oxygen atoms in total. The number of ether oxygens (including phenoxy) is 4. The summed E-state index contributed by atoms with van der Waals surface area (Å²) in [4.78, 5) is 0. The molecule has 2 aromatic rings. The average Bonchev–Trinajstić information content (AvgIpc) is 3.02. The van der Waals surface area contributed by atoms with E-state index in [4.69, 9.17) is 18.9 Å². The summed E-state index contributed by atoms with van der Waals surface area (Å²) >= 11 is 1.98. The molecule has 170 valence electrons. The fourth-order valence-corrected chi connectivity index (χ4v) is 3.61. The Kier molecular flexibility index (Phi) is 7.92. The lowest BCUT2D eigenvalue weighted by Gasteiger charge is -2.33. The molecule has 10 heteroatoms. The summed E-state index contributed by atoms with van der Waals surface area (Å²) in [5.74, 6) is -1.82. The molecule has 2 aromatic carbocycles. The Labute approximate surface area is 193 Å². The van der Waals surface area contributed by atoms with E-state index in [2.05, 4.69) is 5.32 Å². The van der Waals surface area contributed by atoms with E-state index in [1.807, 2.05) is 36.4 Å². The van der Waals surface area contributed by atoms with Crippen molar-refractivity contribution in [3.8, 4) is 5.75 Å². The molecular weight excluding hydrogens is 525 g/mol. The second-order valence-electron chi connectivity index (χ2n) is 7.43. The van der Waals surface area contributed by atoms with Gasteiger partial charge in [-0.3, -0.25) is 0 Å². The van der Waals surface area contributed by atoms with Crippen LogP contribution in [-0.2, 0) is 14.2 Å².